The van der Waals surface area contributed by atoms with E-state index in [4.69, 9.17) is 21.1 Å². The Bertz CT molecular complexity index is 1040. The minimum Gasteiger partial charge on any atom is -0.496 e. The molecule has 1 heterocycles. The van der Waals surface area contributed by atoms with E-state index in [0.717, 1.165) is 16.5 Å². The topological polar surface area (TPSA) is 83.6 Å². The number of hydrogen-bond donors (Lipinski definition) is 3. The molecule has 0 aliphatic carbocycles. The molecule has 1 atom stereocenters. The van der Waals surface area contributed by atoms with Crippen molar-refractivity contribution in [3.63, 3.8) is 0 Å². The molecular formula is C22H25ClN2O4. The number of hydrogen-bond acceptors (Lipinski definition) is 4. The number of carbonyl (C=O) groups is 1. The Hall–Kier alpha value is -2.70. The minimum absolute atomic E-state index is 0.352. The second kappa shape index (κ2) is 7.97. The number of fused-ring (bicyclic) bond motifs is 1. The number of halogens is 1. The van der Waals surface area contributed by atoms with Crippen LogP contribution in [0.15, 0.2) is 36.5 Å². The van der Waals surface area contributed by atoms with Gasteiger partial charge in [-0.1, -0.05) is 23.7 Å². The number of nitrogens with one attached hydrogen (secondary N) is 2. The van der Waals surface area contributed by atoms with Crippen LogP contribution in [0.4, 0.5) is 0 Å². The van der Waals surface area contributed by atoms with Gasteiger partial charge in [0.2, 0.25) is 0 Å². The summed E-state index contributed by atoms with van der Waals surface area (Å²) in [7, 11) is 3.05. The number of aromatic amines is 1. The van der Waals surface area contributed by atoms with Gasteiger partial charge in [-0.25, -0.2) is 0 Å². The molecule has 0 spiro atoms. The molecule has 154 valence electrons. The Balaban J connectivity index is 2.22. The van der Waals surface area contributed by atoms with Gasteiger partial charge in [-0.2, -0.15) is 0 Å². The average molecular weight is 417 g/mol. The zero-order chi connectivity index (χ0) is 21.3. The van der Waals surface area contributed by atoms with E-state index < -0.39 is 17.6 Å². The summed E-state index contributed by atoms with van der Waals surface area (Å²) >= 11 is 6.02. The van der Waals surface area contributed by atoms with Crippen molar-refractivity contribution in [1.29, 1.82) is 0 Å². The standard InChI is InChI=1S/C22H25ClN2O4/c1-22(2,3)25-21(27)20(26)18-16(29-5)10-15(28-4)17-14(11-24-19(17)18)12-6-8-13(23)9-7-12/h6-11,20,24,26H,1-5H3,(H,25,27). The van der Waals surface area contributed by atoms with Crippen LogP contribution in [0.1, 0.15) is 32.4 Å². The first kappa shape index (κ1) is 21.0. The van der Waals surface area contributed by atoms with Crippen molar-refractivity contribution in [2.75, 3.05) is 14.2 Å². The summed E-state index contributed by atoms with van der Waals surface area (Å²) in [6.07, 6.45) is 0.391. The molecule has 3 N–H and O–H groups in total. The summed E-state index contributed by atoms with van der Waals surface area (Å²) in [5.74, 6) is 0.413. The fraction of sp³-hybridized carbons (Fsp3) is 0.318. The van der Waals surface area contributed by atoms with Gasteiger partial charge in [-0.15, -0.1) is 0 Å². The molecule has 29 heavy (non-hydrogen) atoms. The van der Waals surface area contributed by atoms with Gasteiger partial charge in [0.25, 0.3) is 5.91 Å². The Morgan fingerprint density at radius 1 is 1.14 bits per heavy atom. The lowest BCUT2D eigenvalue weighted by atomic mass is 9.98. The third kappa shape index (κ3) is 4.18. The van der Waals surface area contributed by atoms with E-state index in [9.17, 15) is 9.90 Å². The monoisotopic (exact) mass is 416 g/mol. The molecule has 0 bridgehead atoms. The second-order valence-electron chi connectivity index (χ2n) is 7.80. The third-order valence-corrected chi connectivity index (χ3v) is 4.79. The number of rotatable bonds is 5. The van der Waals surface area contributed by atoms with Crippen LogP contribution < -0.4 is 14.8 Å². The third-order valence-electron chi connectivity index (χ3n) is 4.54. The van der Waals surface area contributed by atoms with Crippen LogP contribution in [0.5, 0.6) is 11.5 Å². The number of amides is 1. The zero-order valence-corrected chi connectivity index (χ0v) is 17.8. The molecule has 3 aromatic rings. The molecule has 0 radical (unpaired) electrons. The maximum atomic E-state index is 12.7. The number of aromatic nitrogens is 1. The average Bonchev–Trinajstić information content (AvgIpc) is 3.10. The van der Waals surface area contributed by atoms with Gasteiger partial charge in [0.1, 0.15) is 11.5 Å². The van der Waals surface area contributed by atoms with Gasteiger partial charge in [0.15, 0.2) is 6.10 Å². The maximum Gasteiger partial charge on any atom is 0.254 e. The smallest absolute Gasteiger partial charge is 0.254 e. The second-order valence-corrected chi connectivity index (χ2v) is 8.23. The van der Waals surface area contributed by atoms with E-state index >= 15 is 0 Å². The quantitative estimate of drug-likeness (QED) is 0.573. The number of aliphatic hydroxyl groups excluding tert-OH is 1. The lowest BCUT2D eigenvalue weighted by Crippen LogP contribution is -2.43. The molecular weight excluding hydrogens is 392 g/mol. The Labute approximate surface area is 174 Å². The van der Waals surface area contributed by atoms with Gasteiger partial charge in [0, 0.05) is 33.8 Å². The molecule has 0 aliphatic heterocycles. The van der Waals surface area contributed by atoms with Gasteiger partial charge < -0.3 is 24.9 Å². The first-order chi connectivity index (χ1) is 13.7. The molecule has 1 unspecified atom stereocenters. The van der Waals surface area contributed by atoms with Crippen molar-refractivity contribution in [2.24, 2.45) is 0 Å². The fourth-order valence-corrected chi connectivity index (χ4v) is 3.44. The number of aliphatic hydroxyl groups is 1. The molecule has 1 amide bonds. The summed E-state index contributed by atoms with van der Waals surface area (Å²) < 4.78 is 11.1. The Kier molecular flexibility index (Phi) is 5.78. The normalized spacial score (nSPS) is 12.7. The van der Waals surface area contributed by atoms with Crippen molar-refractivity contribution in [2.45, 2.75) is 32.4 Å². The van der Waals surface area contributed by atoms with Gasteiger partial charge >= 0.3 is 0 Å². The van der Waals surface area contributed by atoms with Crippen molar-refractivity contribution in [3.05, 3.63) is 47.1 Å². The number of methoxy groups -OCH3 is 2. The number of ether oxygens (including phenoxy) is 2. The van der Waals surface area contributed by atoms with Crippen LogP contribution in [0.25, 0.3) is 22.0 Å². The molecule has 7 heteroatoms. The fourth-order valence-electron chi connectivity index (χ4n) is 3.31. The largest absolute Gasteiger partial charge is 0.496 e. The number of carbonyl (C=O) groups excluding carboxylic acids is 1. The highest BCUT2D eigenvalue weighted by Gasteiger charge is 2.29. The molecule has 0 fully saturated rings. The van der Waals surface area contributed by atoms with E-state index in [1.54, 1.807) is 25.3 Å². The predicted octanol–water partition coefficient (Wildman–Crippen LogP) is 4.45. The van der Waals surface area contributed by atoms with E-state index in [1.165, 1.54) is 7.11 Å². The van der Waals surface area contributed by atoms with E-state index in [1.807, 2.05) is 39.1 Å². The molecule has 0 saturated heterocycles. The Morgan fingerprint density at radius 2 is 1.76 bits per heavy atom. The first-order valence-electron chi connectivity index (χ1n) is 9.18. The summed E-state index contributed by atoms with van der Waals surface area (Å²) in [6, 6.07) is 9.09. The van der Waals surface area contributed by atoms with E-state index in [-0.39, 0.29) is 0 Å². The highest BCUT2D eigenvalue weighted by molar-refractivity contribution is 6.30. The predicted molar refractivity (Wildman–Crippen MR) is 115 cm³/mol. The van der Waals surface area contributed by atoms with Crippen molar-refractivity contribution >= 4 is 28.4 Å². The highest BCUT2D eigenvalue weighted by atomic mass is 35.5. The minimum atomic E-state index is -1.42. The summed E-state index contributed by atoms with van der Waals surface area (Å²) in [5, 5.41) is 15.1. The number of H-pyrrole nitrogens is 1. The van der Waals surface area contributed by atoms with Crippen molar-refractivity contribution in [3.8, 4) is 22.6 Å². The van der Waals surface area contributed by atoms with E-state index in [2.05, 4.69) is 10.3 Å². The summed E-state index contributed by atoms with van der Waals surface area (Å²) in [5.41, 5.74) is 2.22. The van der Waals surface area contributed by atoms with Crippen molar-refractivity contribution in [1.82, 2.24) is 10.3 Å². The lowest BCUT2D eigenvalue weighted by molar-refractivity contribution is -0.131. The van der Waals surface area contributed by atoms with Crippen LogP contribution in [-0.4, -0.2) is 35.8 Å². The van der Waals surface area contributed by atoms with Crippen LogP contribution in [0.3, 0.4) is 0 Å². The van der Waals surface area contributed by atoms with Crippen LogP contribution in [0, 0.1) is 0 Å². The van der Waals surface area contributed by atoms with E-state index in [0.29, 0.717) is 27.6 Å². The first-order valence-corrected chi connectivity index (χ1v) is 9.56. The van der Waals surface area contributed by atoms with Gasteiger partial charge in [-0.3, -0.25) is 4.79 Å². The lowest BCUT2D eigenvalue weighted by Gasteiger charge is -2.24. The molecule has 2 aromatic carbocycles. The van der Waals surface area contributed by atoms with Crippen LogP contribution >= 0.6 is 11.6 Å². The molecule has 6 nitrogen and oxygen atoms in total. The van der Waals surface area contributed by atoms with Crippen molar-refractivity contribution < 1.29 is 19.4 Å². The SMILES string of the molecule is COc1cc(OC)c2c(-c3ccc(Cl)cc3)c[nH]c2c1C(O)C(=O)NC(C)(C)C. The summed E-state index contributed by atoms with van der Waals surface area (Å²) in [6.45, 7) is 5.56. The van der Waals surface area contributed by atoms with Crippen LogP contribution in [0.2, 0.25) is 5.02 Å². The molecule has 3 rings (SSSR count). The Morgan fingerprint density at radius 3 is 2.31 bits per heavy atom. The van der Waals surface area contributed by atoms with Gasteiger partial charge in [0.05, 0.1) is 25.3 Å². The number of benzene rings is 2. The molecule has 0 aliphatic rings. The molecule has 1 aromatic heterocycles. The highest BCUT2D eigenvalue weighted by Crippen LogP contribution is 2.43. The van der Waals surface area contributed by atoms with Gasteiger partial charge in [-0.05, 0) is 38.5 Å². The molecule has 0 saturated carbocycles. The maximum absolute atomic E-state index is 12.7. The zero-order valence-electron chi connectivity index (χ0n) is 17.1. The van der Waals surface area contributed by atoms with Crippen LogP contribution in [-0.2, 0) is 4.79 Å². The summed E-state index contributed by atoms with van der Waals surface area (Å²) in [4.78, 5) is 15.8.